The Balaban J connectivity index is 0.00000145. The third-order valence-electron chi connectivity index (χ3n) is 8.39. The summed E-state index contributed by atoms with van der Waals surface area (Å²) in [5.41, 5.74) is 9.52. The van der Waals surface area contributed by atoms with Crippen LogP contribution >= 0.6 is 0 Å². The van der Waals surface area contributed by atoms with Crippen LogP contribution in [0.25, 0.3) is 11.1 Å². The van der Waals surface area contributed by atoms with Crippen LogP contribution in [0.4, 0.5) is 0 Å². The molecule has 0 aliphatic heterocycles. The summed E-state index contributed by atoms with van der Waals surface area (Å²) in [5, 5.41) is 0. The maximum absolute atomic E-state index is 2.63. The van der Waals surface area contributed by atoms with E-state index in [0.717, 1.165) is 0 Å². The molecule has 0 heteroatoms. The SMILES string of the molecule is CCC.CCCCCCCCC1(CCCCCCC)c2cc(C)ccc2-c2ccc(C(C)CC)cc21. The molecule has 36 heavy (non-hydrogen) atoms. The average molecular weight is 491 g/mol. The lowest BCUT2D eigenvalue weighted by molar-refractivity contribution is 0.398. The Morgan fingerprint density at radius 1 is 0.611 bits per heavy atom. The second kappa shape index (κ2) is 16.3. The molecule has 3 rings (SSSR count). The van der Waals surface area contributed by atoms with Crippen molar-refractivity contribution in [2.75, 3.05) is 0 Å². The van der Waals surface area contributed by atoms with Crippen LogP contribution in [0.15, 0.2) is 36.4 Å². The van der Waals surface area contributed by atoms with Gasteiger partial charge in [-0.2, -0.15) is 0 Å². The standard InChI is InChI=1S/C33H50.C3H8/c1-6-9-11-13-15-17-23-33(22-16-14-12-10-7-2)31-24-26(4)18-20-29(31)30-21-19-28(25-32(30)33)27(5)8-3;1-3-2/h18-21,24-25,27H,6-17,22-23H2,1-5H3;3H2,1-2H3. The van der Waals surface area contributed by atoms with Crippen LogP contribution in [0.3, 0.4) is 0 Å². The summed E-state index contributed by atoms with van der Waals surface area (Å²) in [7, 11) is 0. The average Bonchev–Trinajstić information content (AvgIpc) is 3.14. The molecule has 0 heterocycles. The molecule has 0 saturated heterocycles. The highest BCUT2D eigenvalue weighted by molar-refractivity contribution is 5.81. The summed E-state index contributed by atoms with van der Waals surface area (Å²) < 4.78 is 0. The Labute approximate surface area is 225 Å². The first-order valence-corrected chi connectivity index (χ1v) is 15.7. The van der Waals surface area contributed by atoms with Gasteiger partial charge in [-0.3, -0.25) is 0 Å². The lowest BCUT2D eigenvalue weighted by Crippen LogP contribution is -2.26. The number of aryl methyl sites for hydroxylation is 1. The molecule has 0 aromatic heterocycles. The van der Waals surface area contributed by atoms with Crippen molar-refractivity contribution in [3.05, 3.63) is 58.7 Å². The lowest BCUT2D eigenvalue weighted by atomic mass is 9.70. The quantitative estimate of drug-likeness (QED) is 0.218. The van der Waals surface area contributed by atoms with Crippen molar-refractivity contribution in [1.82, 2.24) is 0 Å². The van der Waals surface area contributed by atoms with Crippen molar-refractivity contribution in [1.29, 1.82) is 0 Å². The van der Waals surface area contributed by atoms with Gasteiger partial charge in [0.15, 0.2) is 0 Å². The monoisotopic (exact) mass is 490 g/mol. The topological polar surface area (TPSA) is 0 Å². The molecule has 0 bridgehead atoms. The Bertz CT molecular complexity index is 876. The van der Waals surface area contributed by atoms with Gasteiger partial charge in [-0.25, -0.2) is 0 Å². The van der Waals surface area contributed by atoms with Crippen molar-refractivity contribution >= 4 is 0 Å². The third-order valence-corrected chi connectivity index (χ3v) is 8.39. The minimum absolute atomic E-state index is 0.219. The highest BCUT2D eigenvalue weighted by Gasteiger charge is 2.42. The molecule has 0 N–H and O–H groups in total. The molecule has 0 nitrogen and oxygen atoms in total. The van der Waals surface area contributed by atoms with Gasteiger partial charge in [-0.05, 0) is 59.9 Å². The minimum atomic E-state index is 0.219. The van der Waals surface area contributed by atoms with E-state index >= 15 is 0 Å². The van der Waals surface area contributed by atoms with Crippen molar-refractivity contribution in [2.45, 2.75) is 156 Å². The number of fused-ring (bicyclic) bond motifs is 3. The van der Waals surface area contributed by atoms with Crippen LogP contribution in [0.1, 0.15) is 166 Å². The predicted octanol–water partition coefficient (Wildman–Crippen LogP) is 12.3. The Morgan fingerprint density at radius 2 is 1.08 bits per heavy atom. The minimum Gasteiger partial charge on any atom is -0.0656 e. The van der Waals surface area contributed by atoms with E-state index in [1.54, 1.807) is 16.7 Å². The molecule has 2 aromatic rings. The molecule has 0 fully saturated rings. The van der Waals surface area contributed by atoms with Gasteiger partial charge in [0.1, 0.15) is 0 Å². The number of hydrogen-bond acceptors (Lipinski definition) is 0. The first-order chi connectivity index (χ1) is 17.5. The second-order valence-corrected chi connectivity index (χ2v) is 11.6. The predicted molar refractivity (Wildman–Crippen MR) is 163 cm³/mol. The summed E-state index contributed by atoms with van der Waals surface area (Å²) in [5.74, 6) is 0.636. The Hall–Kier alpha value is -1.56. The molecule has 1 aliphatic carbocycles. The maximum atomic E-state index is 2.63. The van der Waals surface area contributed by atoms with E-state index in [2.05, 4.69) is 84.9 Å². The fraction of sp³-hybridized carbons (Fsp3) is 0.667. The normalized spacial score (nSPS) is 16.8. The van der Waals surface area contributed by atoms with Gasteiger partial charge in [0, 0.05) is 5.41 Å². The molecule has 0 amide bonds. The first-order valence-electron chi connectivity index (χ1n) is 15.7. The van der Waals surface area contributed by atoms with E-state index < -0.39 is 0 Å². The number of unbranched alkanes of at least 4 members (excludes halogenated alkanes) is 9. The zero-order valence-corrected chi connectivity index (χ0v) is 25.1. The molecule has 0 radical (unpaired) electrons. The molecular weight excluding hydrogens is 432 g/mol. The number of benzene rings is 2. The molecule has 202 valence electrons. The largest absolute Gasteiger partial charge is 0.0656 e. The van der Waals surface area contributed by atoms with Gasteiger partial charge in [0.2, 0.25) is 0 Å². The summed E-state index contributed by atoms with van der Waals surface area (Å²) >= 11 is 0. The van der Waals surface area contributed by atoms with Crippen molar-refractivity contribution < 1.29 is 0 Å². The van der Waals surface area contributed by atoms with Crippen molar-refractivity contribution in [3.63, 3.8) is 0 Å². The molecule has 0 spiro atoms. The van der Waals surface area contributed by atoms with Gasteiger partial charge in [-0.1, -0.05) is 161 Å². The molecule has 0 saturated carbocycles. The fourth-order valence-electron chi connectivity index (χ4n) is 6.07. The fourth-order valence-corrected chi connectivity index (χ4v) is 6.07. The van der Waals surface area contributed by atoms with Gasteiger partial charge in [0.05, 0.1) is 0 Å². The summed E-state index contributed by atoms with van der Waals surface area (Å²) in [6.45, 7) is 15.9. The van der Waals surface area contributed by atoms with E-state index in [1.165, 1.54) is 113 Å². The van der Waals surface area contributed by atoms with E-state index in [9.17, 15) is 0 Å². The van der Waals surface area contributed by atoms with E-state index in [0.29, 0.717) is 5.92 Å². The molecule has 2 aromatic carbocycles. The lowest BCUT2D eigenvalue weighted by Gasteiger charge is -2.33. The third kappa shape index (κ3) is 7.97. The van der Waals surface area contributed by atoms with Gasteiger partial charge in [0.25, 0.3) is 0 Å². The highest BCUT2D eigenvalue weighted by atomic mass is 14.4. The second-order valence-electron chi connectivity index (χ2n) is 11.6. The Kier molecular flexibility index (Phi) is 13.9. The molecular formula is C36H58. The van der Waals surface area contributed by atoms with Crippen LogP contribution in [0.2, 0.25) is 0 Å². The molecule has 1 aliphatic rings. The molecule has 2 unspecified atom stereocenters. The highest BCUT2D eigenvalue weighted by Crippen LogP contribution is 2.55. The van der Waals surface area contributed by atoms with Crippen molar-refractivity contribution in [2.24, 2.45) is 0 Å². The summed E-state index contributed by atoms with van der Waals surface area (Å²) in [4.78, 5) is 0. The van der Waals surface area contributed by atoms with Crippen LogP contribution < -0.4 is 0 Å². The summed E-state index contributed by atoms with van der Waals surface area (Å²) in [6.07, 6.45) is 20.2. The van der Waals surface area contributed by atoms with Crippen molar-refractivity contribution in [3.8, 4) is 11.1 Å². The van der Waals surface area contributed by atoms with Crippen LogP contribution in [-0.4, -0.2) is 0 Å². The van der Waals surface area contributed by atoms with E-state index in [1.807, 2.05) is 0 Å². The Morgan fingerprint density at radius 3 is 1.61 bits per heavy atom. The zero-order valence-electron chi connectivity index (χ0n) is 25.1. The number of hydrogen-bond donors (Lipinski definition) is 0. The van der Waals surface area contributed by atoms with Crippen LogP contribution in [0, 0.1) is 6.92 Å². The van der Waals surface area contributed by atoms with Gasteiger partial charge in [-0.15, -0.1) is 0 Å². The maximum Gasteiger partial charge on any atom is 0.0215 e. The summed E-state index contributed by atoms with van der Waals surface area (Å²) in [6, 6.07) is 14.8. The zero-order chi connectivity index (χ0) is 26.4. The van der Waals surface area contributed by atoms with E-state index in [4.69, 9.17) is 0 Å². The smallest absolute Gasteiger partial charge is 0.0215 e. The van der Waals surface area contributed by atoms with Crippen LogP contribution in [0.5, 0.6) is 0 Å². The first kappa shape index (κ1) is 30.7. The van der Waals surface area contributed by atoms with E-state index in [-0.39, 0.29) is 5.41 Å². The van der Waals surface area contributed by atoms with Gasteiger partial charge < -0.3 is 0 Å². The molecule has 2 atom stereocenters. The van der Waals surface area contributed by atoms with Gasteiger partial charge >= 0.3 is 0 Å². The number of rotatable bonds is 15. The van der Waals surface area contributed by atoms with Crippen LogP contribution in [-0.2, 0) is 5.41 Å².